The minimum absolute atomic E-state index is 0.0346. The summed E-state index contributed by atoms with van der Waals surface area (Å²) in [6, 6.07) is 4.47. The van der Waals surface area contributed by atoms with Gasteiger partial charge < -0.3 is 9.47 Å². The van der Waals surface area contributed by atoms with E-state index in [9.17, 15) is 0 Å². The molecule has 0 spiro atoms. The van der Waals surface area contributed by atoms with Gasteiger partial charge in [0.2, 0.25) is 0 Å². The van der Waals surface area contributed by atoms with Crippen molar-refractivity contribution >= 4 is 0 Å². The van der Waals surface area contributed by atoms with Crippen LogP contribution in [0.1, 0.15) is 72.9 Å². The van der Waals surface area contributed by atoms with Gasteiger partial charge in [0.05, 0.1) is 5.92 Å². The average molecular weight is 403 g/mol. The molecule has 1 heterocycles. The van der Waals surface area contributed by atoms with Crippen LogP contribution in [-0.4, -0.2) is 11.2 Å². The summed E-state index contributed by atoms with van der Waals surface area (Å²) in [5.41, 5.74) is 2.52. The quantitative estimate of drug-likeness (QED) is 0.453. The Labute approximate surface area is 182 Å². The molecule has 1 aliphatic heterocycles. The molecule has 158 valence electrons. The highest BCUT2D eigenvalue weighted by Crippen LogP contribution is 2.54. The number of benzene rings is 1. The van der Waals surface area contributed by atoms with Crippen molar-refractivity contribution in [2.24, 2.45) is 5.92 Å². The van der Waals surface area contributed by atoms with E-state index in [4.69, 9.17) is 9.47 Å². The van der Waals surface area contributed by atoms with Crippen molar-refractivity contribution in [3.8, 4) is 23.3 Å². The Hall–Kier alpha value is -2.40. The summed E-state index contributed by atoms with van der Waals surface area (Å²) in [6.07, 6.45) is 11.3. The van der Waals surface area contributed by atoms with Crippen LogP contribution in [-0.2, 0) is 10.8 Å². The van der Waals surface area contributed by atoms with Crippen LogP contribution in [0, 0.1) is 17.8 Å². The van der Waals surface area contributed by atoms with E-state index in [1.165, 1.54) is 11.1 Å². The van der Waals surface area contributed by atoms with E-state index in [-0.39, 0.29) is 16.7 Å². The van der Waals surface area contributed by atoms with Gasteiger partial charge in [-0.25, -0.2) is 0 Å². The van der Waals surface area contributed by atoms with Crippen LogP contribution in [0.25, 0.3) is 0 Å². The van der Waals surface area contributed by atoms with E-state index in [1.54, 1.807) is 0 Å². The molecule has 0 bridgehead atoms. The van der Waals surface area contributed by atoms with Gasteiger partial charge in [-0.2, -0.15) is 0 Å². The Bertz CT molecular complexity index is 1020. The summed E-state index contributed by atoms with van der Waals surface area (Å²) in [7, 11) is 0. The highest BCUT2D eigenvalue weighted by Gasteiger charge is 2.56. The van der Waals surface area contributed by atoms with Crippen LogP contribution < -0.4 is 9.47 Å². The molecule has 0 saturated carbocycles. The molecule has 0 radical (unpaired) electrons. The van der Waals surface area contributed by atoms with Crippen LogP contribution in [0.2, 0.25) is 0 Å². The van der Waals surface area contributed by atoms with E-state index in [0.29, 0.717) is 0 Å². The predicted octanol–water partition coefficient (Wildman–Crippen LogP) is 6.65. The summed E-state index contributed by atoms with van der Waals surface area (Å²) in [5.74, 6) is 8.68. The van der Waals surface area contributed by atoms with Crippen molar-refractivity contribution in [1.82, 2.24) is 0 Å². The van der Waals surface area contributed by atoms with E-state index < -0.39 is 11.2 Å². The van der Waals surface area contributed by atoms with E-state index >= 15 is 0 Å². The van der Waals surface area contributed by atoms with Gasteiger partial charge in [-0.1, -0.05) is 83.8 Å². The monoisotopic (exact) mass is 402 g/mol. The second-order valence-electron chi connectivity index (χ2n) is 11.3. The van der Waals surface area contributed by atoms with Crippen LogP contribution in [0.15, 0.2) is 48.1 Å². The van der Waals surface area contributed by atoms with Crippen LogP contribution >= 0.6 is 0 Å². The molecule has 4 rings (SSSR count). The first kappa shape index (κ1) is 20.9. The van der Waals surface area contributed by atoms with E-state index in [1.807, 2.05) is 0 Å². The fourth-order valence-electron chi connectivity index (χ4n) is 4.36. The summed E-state index contributed by atoms with van der Waals surface area (Å²) in [4.78, 5) is 0. The Morgan fingerprint density at radius 3 is 2.20 bits per heavy atom. The lowest BCUT2D eigenvalue weighted by Crippen LogP contribution is -2.56. The minimum atomic E-state index is -0.547. The van der Waals surface area contributed by atoms with Crippen molar-refractivity contribution in [2.45, 2.75) is 83.8 Å². The smallest absolute Gasteiger partial charge is 0.166 e. The third-order valence-corrected chi connectivity index (χ3v) is 6.55. The first-order chi connectivity index (χ1) is 13.8. The summed E-state index contributed by atoms with van der Waals surface area (Å²) in [5, 5.41) is 0. The van der Waals surface area contributed by atoms with Gasteiger partial charge in [-0.05, 0) is 42.4 Å². The van der Waals surface area contributed by atoms with Gasteiger partial charge in [0, 0.05) is 17.6 Å². The molecule has 2 aliphatic carbocycles. The Balaban J connectivity index is 1.76. The largest absolute Gasteiger partial charge is 0.479 e. The van der Waals surface area contributed by atoms with E-state index in [2.05, 4.69) is 110 Å². The maximum atomic E-state index is 6.78. The molecule has 2 heteroatoms. The molecule has 0 saturated heterocycles. The standard InChI is InChI=1S/C28H34O2/c1-25(2,3)21-15-22(26(4,5)6)24-23(16-21)29-27(7)17-20(18-28(27,8)30-24)14-13-19-11-9-10-12-19/h9-12,15-16,18-19H,17H2,1-8H3. The number of hydrogen-bond acceptors (Lipinski definition) is 2. The van der Waals surface area contributed by atoms with Gasteiger partial charge in [-0.3, -0.25) is 0 Å². The maximum absolute atomic E-state index is 6.78. The summed E-state index contributed by atoms with van der Waals surface area (Å²) in [6.45, 7) is 17.7. The number of fused-ring (bicyclic) bond motifs is 2. The molecule has 0 aromatic heterocycles. The molecule has 3 aliphatic rings. The maximum Gasteiger partial charge on any atom is 0.166 e. The number of allylic oxidation sites excluding steroid dienone is 4. The number of ether oxygens (including phenoxy) is 2. The molecule has 1 aromatic rings. The molecule has 30 heavy (non-hydrogen) atoms. The lowest BCUT2D eigenvalue weighted by Gasteiger charge is -2.46. The Kier molecular flexibility index (Phi) is 4.55. The fourth-order valence-corrected chi connectivity index (χ4v) is 4.36. The Morgan fingerprint density at radius 1 is 0.933 bits per heavy atom. The van der Waals surface area contributed by atoms with Crippen molar-refractivity contribution in [1.29, 1.82) is 0 Å². The first-order valence-electron chi connectivity index (χ1n) is 11.0. The normalized spacial score (nSPS) is 27.5. The summed E-state index contributed by atoms with van der Waals surface area (Å²) >= 11 is 0. The lowest BCUT2D eigenvalue weighted by molar-refractivity contribution is -0.0828. The molecule has 2 nitrogen and oxygen atoms in total. The molecule has 0 amide bonds. The zero-order valence-electron chi connectivity index (χ0n) is 19.6. The topological polar surface area (TPSA) is 18.5 Å². The molecule has 0 fully saturated rings. The molecule has 0 N–H and O–H groups in total. The highest BCUT2D eigenvalue weighted by atomic mass is 16.6. The van der Waals surface area contributed by atoms with Gasteiger partial charge in [0.15, 0.2) is 22.7 Å². The molecule has 1 aromatic carbocycles. The van der Waals surface area contributed by atoms with Gasteiger partial charge in [0.25, 0.3) is 0 Å². The van der Waals surface area contributed by atoms with Gasteiger partial charge in [-0.15, -0.1) is 0 Å². The molecule has 2 unspecified atom stereocenters. The second-order valence-corrected chi connectivity index (χ2v) is 11.3. The SMILES string of the molecule is CC(C)(C)c1cc2c(c(C(C)(C)C)c1)OC1(C)C=C(C#CC3C=CC=C3)CC1(C)O2. The second kappa shape index (κ2) is 6.55. The third-order valence-electron chi connectivity index (χ3n) is 6.55. The minimum Gasteiger partial charge on any atom is -0.479 e. The number of rotatable bonds is 0. The lowest BCUT2D eigenvalue weighted by atomic mass is 9.79. The van der Waals surface area contributed by atoms with Crippen molar-refractivity contribution in [3.63, 3.8) is 0 Å². The van der Waals surface area contributed by atoms with Gasteiger partial charge in [0.1, 0.15) is 0 Å². The van der Waals surface area contributed by atoms with Crippen molar-refractivity contribution in [2.75, 3.05) is 0 Å². The molecule has 2 atom stereocenters. The predicted molar refractivity (Wildman–Crippen MR) is 124 cm³/mol. The highest BCUT2D eigenvalue weighted by molar-refractivity contribution is 5.57. The summed E-state index contributed by atoms with van der Waals surface area (Å²) < 4.78 is 13.5. The van der Waals surface area contributed by atoms with Crippen LogP contribution in [0.5, 0.6) is 11.5 Å². The van der Waals surface area contributed by atoms with Crippen molar-refractivity contribution < 1.29 is 9.47 Å². The zero-order chi connectivity index (χ0) is 21.9. The molecular weight excluding hydrogens is 368 g/mol. The number of hydrogen-bond donors (Lipinski definition) is 0. The van der Waals surface area contributed by atoms with Crippen LogP contribution in [0.3, 0.4) is 0 Å². The molecular formula is C28H34O2. The van der Waals surface area contributed by atoms with Gasteiger partial charge >= 0.3 is 0 Å². The van der Waals surface area contributed by atoms with E-state index in [0.717, 1.165) is 23.5 Å². The fraction of sp³-hybridized carbons (Fsp3) is 0.500. The zero-order valence-corrected chi connectivity index (χ0v) is 19.6. The third kappa shape index (κ3) is 3.49. The van der Waals surface area contributed by atoms with Crippen molar-refractivity contribution in [3.05, 3.63) is 59.2 Å². The Morgan fingerprint density at radius 2 is 1.60 bits per heavy atom. The first-order valence-corrected chi connectivity index (χ1v) is 11.0. The average Bonchev–Trinajstić information content (AvgIpc) is 3.19. The van der Waals surface area contributed by atoms with Crippen LogP contribution in [0.4, 0.5) is 0 Å².